The van der Waals surface area contributed by atoms with Crippen LogP contribution in [-0.2, 0) is 17.9 Å². The fourth-order valence-corrected chi connectivity index (χ4v) is 2.77. The Morgan fingerprint density at radius 3 is 2.70 bits per heavy atom. The van der Waals surface area contributed by atoms with E-state index in [0.29, 0.717) is 5.56 Å². The van der Waals surface area contributed by atoms with E-state index in [1.54, 1.807) is 24.3 Å². The molecule has 8 nitrogen and oxygen atoms in total. The number of amides is 1. The largest absolute Gasteiger partial charge is 0.334 e. The highest BCUT2D eigenvalue weighted by Crippen LogP contribution is 2.29. The summed E-state index contributed by atoms with van der Waals surface area (Å²) in [5, 5.41) is 20.0. The molecule has 0 saturated heterocycles. The average molecular weight is 370 g/mol. The zero-order valence-corrected chi connectivity index (χ0v) is 14.2. The van der Waals surface area contributed by atoms with Crippen molar-refractivity contribution in [2.75, 3.05) is 0 Å². The summed E-state index contributed by atoms with van der Waals surface area (Å²) in [6.45, 7) is -0.412. The van der Waals surface area contributed by atoms with E-state index in [4.69, 9.17) is 5.26 Å². The summed E-state index contributed by atoms with van der Waals surface area (Å²) in [6, 6.07) is 8.52. The lowest BCUT2D eigenvalue weighted by Crippen LogP contribution is -2.38. The number of hydrogen-bond donors (Lipinski definition) is 0. The van der Waals surface area contributed by atoms with Gasteiger partial charge in [0, 0.05) is 24.2 Å². The van der Waals surface area contributed by atoms with Crippen molar-refractivity contribution >= 4 is 11.6 Å². The lowest BCUT2D eigenvalue weighted by Gasteiger charge is -2.23. The van der Waals surface area contributed by atoms with E-state index < -0.39 is 40.0 Å². The molecule has 0 unspecified atom stereocenters. The fraction of sp³-hybridized carbons (Fsp3) is 0.278. The van der Waals surface area contributed by atoms with Crippen LogP contribution in [0.4, 0.5) is 10.1 Å². The molecule has 1 aromatic heterocycles. The van der Waals surface area contributed by atoms with E-state index in [2.05, 4.69) is 0 Å². The van der Waals surface area contributed by atoms with Crippen molar-refractivity contribution in [3.8, 4) is 6.07 Å². The van der Waals surface area contributed by atoms with E-state index in [-0.39, 0.29) is 12.6 Å². The first kappa shape index (κ1) is 18.3. The summed E-state index contributed by atoms with van der Waals surface area (Å²) in [6.07, 6.45) is 2.48. The Labute approximate surface area is 153 Å². The Morgan fingerprint density at radius 1 is 1.41 bits per heavy atom. The number of nitrogens with zero attached hydrogens (tertiary/aromatic N) is 4. The molecule has 3 rings (SSSR count). The van der Waals surface area contributed by atoms with Gasteiger partial charge in [0.15, 0.2) is 0 Å². The van der Waals surface area contributed by atoms with Gasteiger partial charge in [0.25, 0.3) is 11.2 Å². The quantitative estimate of drug-likeness (QED) is 0.570. The molecule has 2 aromatic rings. The Balaban J connectivity index is 1.88. The van der Waals surface area contributed by atoms with Crippen LogP contribution in [0, 0.1) is 27.3 Å². The molecule has 1 aliphatic rings. The third-order valence-corrected chi connectivity index (χ3v) is 4.31. The highest BCUT2D eigenvalue weighted by molar-refractivity contribution is 5.77. The summed E-state index contributed by atoms with van der Waals surface area (Å²) >= 11 is 0. The van der Waals surface area contributed by atoms with Gasteiger partial charge in [-0.05, 0) is 18.9 Å². The van der Waals surface area contributed by atoms with Gasteiger partial charge >= 0.3 is 0 Å². The molecule has 0 spiro atoms. The fourth-order valence-electron chi connectivity index (χ4n) is 2.77. The number of carbonyl (C=O) groups excluding carboxylic acids is 1. The van der Waals surface area contributed by atoms with Gasteiger partial charge in [-0.25, -0.2) is 4.39 Å². The molecule has 27 heavy (non-hydrogen) atoms. The van der Waals surface area contributed by atoms with Crippen molar-refractivity contribution < 1.29 is 14.1 Å². The van der Waals surface area contributed by atoms with Crippen LogP contribution in [0.5, 0.6) is 0 Å². The second-order valence-electron chi connectivity index (χ2n) is 6.26. The third kappa shape index (κ3) is 4.00. The van der Waals surface area contributed by atoms with E-state index in [1.807, 2.05) is 0 Å². The first-order valence-electron chi connectivity index (χ1n) is 8.22. The zero-order chi connectivity index (χ0) is 19.6. The van der Waals surface area contributed by atoms with Crippen LogP contribution < -0.4 is 5.56 Å². The Kier molecular flexibility index (Phi) is 4.98. The molecule has 138 valence electrons. The van der Waals surface area contributed by atoms with Crippen LogP contribution in [0.25, 0.3) is 0 Å². The monoisotopic (exact) mass is 370 g/mol. The lowest BCUT2D eigenvalue weighted by atomic mass is 10.2. The number of pyridine rings is 1. The van der Waals surface area contributed by atoms with Crippen molar-refractivity contribution in [1.82, 2.24) is 9.47 Å². The molecule has 1 aliphatic carbocycles. The molecule has 1 heterocycles. The van der Waals surface area contributed by atoms with Crippen LogP contribution in [0.15, 0.2) is 41.3 Å². The van der Waals surface area contributed by atoms with Crippen molar-refractivity contribution in [2.24, 2.45) is 0 Å². The standard InChI is InChI=1S/C18H15FN4O4/c19-16-4-2-1-3-12(16)9-22(14-5-6-14)17(24)11-21-10-15(23(26)27)7-13(8-20)18(21)25/h1-4,7,10,14H,5-6,9,11H2. The number of halogens is 1. The molecule has 1 fully saturated rings. The highest BCUT2D eigenvalue weighted by atomic mass is 19.1. The summed E-state index contributed by atoms with van der Waals surface area (Å²) in [7, 11) is 0. The van der Waals surface area contributed by atoms with E-state index in [1.165, 1.54) is 11.0 Å². The van der Waals surface area contributed by atoms with Crippen molar-refractivity contribution in [3.63, 3.8) is 0 Å². The van der Waals surface area contributed by atoms with Gasteiger partial charge < -0.3 is 4.90 Å². The van der Waals surface area contributed by atoms with Crippen LogP contribution in [-0.4, -0.2) is 26.3 Å². The summed E-state index contributed by atoms with van der Waals surface area (Å²) in [4.78, 5) is 36.7. The molecule has 1 amide bonds. The van der Waals surface area contributed by atoms with Crippen molar-refractivity contribution in [2.45, 2.75) is 32.0 Å². The third-order valence-electron chi connectivity index (χ3n) is 4.31. The normalized spacial score (nSPS) is 13.0. The van der Waals surface area contributed by atoms with Gasteiger partial charge in [0.1, 0.15) is 24.0 Å². The smallest absolute Gasteiger partial charge is 0.287 e. The van der Waals surface area contributed by atoms with Gasteiger partial charge in [0.2, 0.25) is 5.91 Å². The minimum absolute atomic E-state index is 0.0466. The lowest BCUT2D eigenvalue weighted by molar-refractivity contribution is -0.385. The molecular weight excluding hydrogens is 355 g/mol. The predicted octanol–water partition coefficient (Wildman–Crippen LogP) is 1.96. The SMILES string of the molecule is N#Cc1cc([N+](=O)[O-])cn(CC(=O)N(Cc2ccccc2F)C2CC2)c1=O. The first-order chi connectivity index (χ1) is 12.9. The Bertz CT molecular complexity index is 1010. The minimum atomic E-state index is -0.780. The first-order valence-corrected chi connectivity index (χ1v) is 8.22. The van der Waals surface area contributed by atoms with Crippen LogP contribution >= 0.6 is 0 Å². The molecular formula is C18H15FN4O4. The molecule has 1 saturated carbocycles. The topological polar surface area (TPSA) is 109 Å². The molecule has 0 N–H and O–H groups in total. The number of aromatic nitrogens is 1. The van der Waals surface area contributed by atoms with Gasteiger partial charge in [-0.2, -0.15) is 5.26 Å². The molecule has 0 aliphatic heterocycles. The van der Waals surface area contributed by atoms with Crippen molar-refractivity contribution in [3.05, 3.63) is 73.9 Å². The van der Waals surface area contributed by atoms with Crippen LogP contribution in [0.1, 0.15) is 24.0 Å². The number of hydrogen-bond acceptors (Lipinski definition) is 5. The number of carbonyl (C=O) groups is 1. The number of rotatable bonds is 6. The van der Waals surface area contributed by atoms with Gasteiger partial charge in [-0.15, -0.1) is 0 Å². The minimum Gasteiger partial charge on any atom is -0.334 e. The maximum atomic E-state index is 13.9. The number of nitriles is 1. The molecule has 0 radical (unpaired) electrons. The maximum absolute atomic E-state index is 13.9. The molecule has 0 atom stereocenters. The summed E-state index contributed by atoms with van der Waals surface area (Å²) in [5.41, 5.74) is -1.30. The number of nitro groups is 1. The maximum Gasteiger partial charge on any atom is 0.287 e. The number of benzene rings is 1. The molecule has 0 bridgehead atoms. The summed E-state index contributed by atoms with van der Waals surface area (Å²) < 4.78 is 14.8. The Morgan fingerprint density at radius 2 is 2.11 bits per heavy atom. The second kappa shape index (κ2) is 7.37. The van der Waals surface area contributed by atoms with Crippen molar-refractivity contribution in [1.29, 1.82) is 5.26 Å². The highest BCUT2D eigenvalue weighted by Gasteiger charge is 2.33. The van der Waals surface area contributed by atoms with Crippen LogP contribution in [0.2, 0.25) is 0 Å². The van der Waals surface area contributed by atoms with E-state index in [9.17, 15) is 24.1 Å². The van der Waals surface area contributed by atoms with Gasteiger partial charge in [-0.1, -0.05) is 18.2 Å². The zero-order valence-electron chi connectivity index (χ0n) is 14.2. The Hall–Kier alpha value is -3.54. The summed E-state index contributed by atoms with van der Waals surface area (Å²) in [5.74, 6) is -0.900. The van der Waals surface area contributed by atoms with Gasteiger partial charge in [0.05, 0.1) is 11.1 Å². The van der Waals surface area contributed by atoms with E-state index in [0.717, 1.165) is 29.7 Å². The van der Waals surface area contributed by atoms with Gasteiger partial charge in [-0.3, -0.25) is 24.3 Å². The molecule has 1 aromatic carbocycles. The van der Waals surface area contributed by atoms with E-state index >= 15 is 0 Å². The molecule has 9 heteroatoms. The predicted molar refractivity (Wildman–Crippen MR) is 92.0 cm³/mol. The second-order valence-corrected chi connectivity index (χ2v) is 6.26. The van der Waals surface area contributed by atoms with Crippen LogP contribution in [0.3, 0.4) is 0 Å². The average Bonchev–Trinajstić information content (AvgIpc) is 3.47.